The summed E-state index contributed by atoms with van der Waals surface area (Å²) < 4.78 is 10.9. The van der Waals surface area contributed by atoms with Crippen LogP contribution in [0.25, 0.3) is 0 Å². The molecule has 1 N–H and O–H groups in total. The Morgan fingerprint density at radius 3 is 2.52 bits per heavy atom. The number of hydrogen-bond donors (Lipinski definition) is 1. The molecule has 0 spiro atoms. The molecule has 4 atom stereocenters. The van der Waals surface area contributed by atoms with Gasteiger partial charge in [0.25, 0.3) is 0 Å². The molecule has 1 aromatic rings. The number of aliphatic carboxylic acids is 1. The molecule has 1 amide bonds. The number of carboxylic acids is 1. The molecule has 144 valence electrons. The summed E-state index contributed by atoms with van der Waals surface area (Å²) in [6.45, 7) is 3.53. The van der Waals surface area contributed by atoms with Gasteiger partial charge in [0.05, 0.1) is 25.2 Å². The van der Waals surface area contributed by atoms with Gasteiger partial charge in [-0.1, -0.05) is 24.3 Å². The van der Waals surface area contributed by atoms with Crippen LogP contribution in [0.3, 0.4) is 0 Å². The highest BCUT2D eigenvalue weighted by atomic mass is 16.5. The minimum absolute atomic E-state index is 0.0970. The third kappa shape index (κ3) is 3.44. The van der Waals surface area contributed by atoms with E-state index in [9.17, 15) is 14.7 Å². The summed E-state index contributed by atoms with van der Waals surface area (Å²) >= 11 is 0. The molecule has 3 aliphatic heterocycles. The first-order valence-electron chi connectivity index (χ1n) is 9.27. The molecule has 27 heavy (non-hydrogen) atoms. The number of hydrogen-bond acceptors (Lipinski definition) is 5. The Morgan fingerprint density at radius 2 is 1.85 bits per heavy atom. The summed E-state index contributed by atoms with van der Waals surface area (Å²) in [5.74, 6) is -1.60. The second-order valence-electron chi connectivity index (χ2n) is 7.29. The zero-order valence-electron chi connectivity index (χ0n) is 15.3. The van der Waals surface area contributed by atoms with E-state index in [1.54, 1.807) is 18.1 Å². The van der Waals surface area contributed by atoms with Gasteiger partial charge in [0.2, 0.25) is 5.91 Å². The molecule has 3 heterocycles. The number of carboxylic acid groups (broad SMARTS) is 1. The van der Waals surface area contributed by atoms with Gasteiger partial charge in [0.1, 0.15) is 11.7 Å². The number of benzene rings is 1. The van der Waals surface area contributed by atoms with Crippen molar-refractivity contribution in [1.29, 1.82) is 0 Å². The van der Waals surface area contributed by atoms with Crippen LogP contribution in [0.2, 0.25) is 0 Å². The predicted octanol–water partition coefficient (Wildman–Crippen LogP) is 0.994. The lowest BCUT2D eigenvalue weighted by molar-refractivity contribution is -0.150. The maximum absolute atomic E-state index is 13.0. The van der Waals surface area contributed by atoms with E-state index in [0.717, 1.165) is 25.4 Å². The van der Waals surface area contributed by atoms with E-state index in [2.05, 4.69) is 11.0 Å². The molecular weight excluding hydrogens is 348 g/mol. The highest BCUT2D eigenvalue weighted by Gasteiger charge is 2.54. The quantitative estimate of drug-likeness (QED) is 0.777. The summed E-state index contributed by atoms with van der Waals surface area (Å²) in [6, 6.07) is 7.98. The number of nitrogens with zero attached hydrogens (tertiary/aromatic N) is 2. The van der Waals surface area contributed by atoms with Crippen LogP contribution in [0.15, 0.2) is 36.4 Å². The van der Waals surface area contributed by atoms with E-state index in [1.165, 1.54) is 5.56 Å². The van der Waals surface area contributed by atoms with E-state index in [-0.39, 0.29) is 5.91 Å². The van der Waals surface area contributed by atoms with Crippen LogP contribution in [0.1, 0.15) is 5.56 Å². The highest BCUT2D eigenvalue weighted by Crippen LogP contribution is 2.40. The number of amides is 1. The van der Waals surface area contributed by atoms with Gasteiger partial charge in [-0.2, -0.15) is 0 Å². The van der Waals surface area contributed by atoms with E-state index in [1.807, 2.05) is 24.3 Å². The number of carbonyl (C=O) groups is 2. The molecule has 2 saturated heterocycles. The lowest BCUT2D eigenvalue weighted by atomic mass is 9.82. The standard InChI is InChI=1S/C20H24N2O5/c1-26-14-4-2-3-13(11-14)12-21-7-9-22(10-8-21)19(23)17-15-5-6-16(27-15)18(17)20(24)25/h2-6,11,15-18H,7-10,12H2,1H3,(H,24,25). The minimum Gasteiger partial charge on any atom is -0.497 e. The molecule has 0 radical (unpaired) electrons. The third-order valence-corrected chi connectivity index (χ3v) is 5.69. The highest BCUT2D eigenvalue weighted by molar-refractivity contribution is 5.87. The van der Waals surface area contributed by atoms with E-state index < -0.39 is 30.0 Å². The van der Waals surface area contributed by atoms with Crippen molar-refractivity contribution in [1.82, 2.24) is 9.80 Å². The van der Waals surface area contributed by atoms with Crippen LogP contribution >= 0.6 is 0 Å². The zero-order valence-corrected chi connectivity index (χ0v) is 15.3. The molecule has 0 saturated carbocycles. The van der Waals surface area contributed by atoms with Crippen molar-refractivity contribution in [2.24, 2.45) is 11.8 Å². The fourth-order valence-electron chi connectivity index (χ4n) is 4.26. The third-order valence-electron chi connectivity index (χ3n) is 5.69. The number of piperazine rings is 1. The lowest BCUT2D eigenvalue weighted by Gasteiger charge is -2.37. The van der Waals surface area contributed by atoms with Crippen molar-refractivity contribution in [2.75, 3.05) is 33.3 Å². The normalized spacial score (nSPS) is 29.9. The average molecular weight is 372 g/mol. The van der Waals surface area contributed by atoms with Crippen molar-refractivity contribution < 1.29 is 24.2 Å². The molecule has 3 aliphatic rings. The van der Waals surface area contributed by atoms with Crippen molar-refractivity contribution in [3.63, 3.8) is 0 Å². The SMILES string of the molecule is COc1cccc(CN2CCN(C(=O)C3C4C=CC(O4)C3C(=O)O)CC2)c1. The van der Waals surface area contributed by atoms with Gasteiger partial charge in [-0.15, -0.1) is 0 Å². The van der Waals surface area contributed by atoms with Gasteiger partial charge in [0, 0.05) is 32.7 Å². The van der Waals surface area contributed by atoms with Crippen LogP contribution in [-0.2, 0) is 20.9 Å². The molecule has 0 aromatic heterocycles. The van der Waals surface area contributed by atoms with Crippen molar-refractivity contribution in [3.8, 4) is 5.75 Å². The minimum atomic E-state index is -0.957. The largest absolute Gasteiger partial charge is 0.497 e. The van der Waals surface area contributed by atoms with E-state index in [0.29, 0.717) is 13.1 Å². The molecule has 0 aliphatic carbocycles. The first-order chi connectivity index (χ1) is 13.1. The first kappa shape index (κ1) is 18.0. The second-order valence-corrected chi connectivity index (χ2v) is 7.29. The predicted molar refractivity (Wildman–Crippen MR) is 97.3 cm³/mol. The molecule has 1 aromatic carbocycles. The van der Waals surface area contributed by atoms with Gasteiger partial charge in [0.15, 0.2) is 0 Å². The van der Waals surface area contributed by atoms with Crippen LogP contribution < -0.4 is 4.74 Å². The summed E-state index contributed by atoms with van der Waals surface area (Å²) in [6.07, 6.45) is 2.71. The Hall–Kier alpha value is -2.38. The summed E-state index contributed by atoms with van der Waals surface area (Å²) in [5.41, 5.74) is 1.17. The Morgan fingerprint density at radius 1 is 1.15 bits per heavy atom. The van der Waals surface area contributed by atoms with Gasteiger partial charge in [-0.3, -0.25) is 14.5 Å². The maximum Gasteiger partial charge on any atom is 0.310 e. The number of rotatable bonds is 5. The second kappa shape index (κ2) is 7.32. The van der Waals surface area contributed by atoms with Gasteiger partial charge >= 0.3 is 5.97 Å². The molecular formula is C20H24N2O5. The number of carbonyl (C=O) groups excluding carboxylic acids is 1. The molecule has 7 heteroatoms. The first-order valence-corrected chi connectivity index (χ1v) is 9.27. The molecule has 2 fully saturated rings. The van der Waals surface area contributed by atoms with Crippen LogP contribution in [0.5, 0.6) is 5.75 Å². The van der Waals surface area contributed by atoms with Crippen LogP contribution in [0, 0.1) is 11.8 Å². The Bertz CT molecular complexity index is 756. The van der Waals surface area contributed by atoms with Gasteiger partial charge in [-0.05, 0) is 17.7 Å². The van der Waals surface area contributed by atoms with Crippen molar-refractivity contribution >= 4 is 11.9 Å². The van der Waals surface area contributed by atoms with Gasteiger partial charge < -0.3 is 19.5 Å². The number of ether oxygens (including phenoxy) is 2. The number of methoxy groups -OCH3 is 1. The van der Waals surface area contributed by atoms with E-state index in [4.69, 9.17) is 9.47 Å². The fraction of sp³-hybridized carbons (Fsp3) is 0.500. The summed E-state index contributed by atoms with van der Waals surface area (Å²) in [7, 11) is 1.66. The Kier molecular flexibility index (Phi) is 4.88. The molecule has 2 bridgehead atoms. The summed E-state index contributed by atoms with van der Waals surface area (Å²) in [4.78, 5) is 28.6. The topological polar surface area (TPSA) is 79.3 Å². The summed E-state index contributed by atoms with van der Waals surface area (Å²) in [5, 5.41) is 9.50. The van der Waals surface area contributed by atoms with E-state index >= 15 is 0 Å². The maximum atomic E-state index is 13.0. The average Bonchev–Trinajstić information content (AvgIpc) is 3.29. The van der Waals surface area contributed by atoms with Crippen LogP contribution in [0.4, 0.5) is 0 Å². The van der Waals surface area contributed by atoms with Gasteiger partial charge in [-0.25, -0.2) is 0 Å². The Balaban J connectivity index is 1.35. The smallest absolute Gasteiger partial charge is 0.310 e. The monoisotopic (exact) mass is 372 g/mol. The van der Waals surface area contributed by atoms with Crippen molar-refractivity contribution in [3.05, 3.63) is 42.0 Å². The molecule has 4 rings (SSSR count). The Labute approximate surface area is 158 Å². The number of fused-ring (bicyclic) bond motifs is 2. The van der Waals surface area contributed by atoms with Crippen LogP contribution in [-0.4, -0.2) is 72.3 Å². The van der Waals surface area contributed by atoms with Crippen molar-refractivity contribution in [2.45, 2.75) is 18.8 Å². The molecule has 4 unspecified atom stereocenters. The fourth-order valence-corrected chi connectivity index (χ4v) is 4.26. The lowest BCUT2D eigenvalue weighted by Crippen LogP contribution is -2.52. The zero-order chi connectivity index (χ0) is 19.0. The molecule has 7 nitrogen and oxygen atoms in total.